The minimum atomic E-state index is 0.163. The second-order valence-electron chi connectivity index (χ2n) is 5.51. The molecule has 0 saturated carbocycles. The van der Waals surface area contributed by atoms with Gasteiger partial charge in [0, 0.05) is 0 Å². The zero-order valence-electron chi connectivity index (χ0n) is 10.9. The molecule has 3 nitrogen and oxygen atoms in total. The van der Waals surface area contributed by atoms with E-state index in [0.717, 1.165) is 17.1 Å². The molecular formula is C14H20O3. The van der Waals surface area contributed by atoms with Crippen LogP contribution in [0.25, 0.3) is 0 Å². The van der Waals surface area contributed by atoms with E-state index < -0.39 is 0 Å². The SMILES string of the molecule is CC(OCc1ccc2c(c1)OCO2)C(C)(C)C. The summed E-state index contributed by atoms with van der Waals surface area (Å²) in [5.74, 6) is 1.63. The maximum atomic E-state index is 5.86. The van der Waals surface area contributed by atoms with Gasteiger partial charge in [0.2, 0.25) is 6.79 Å². The first-order valence-corrected chi connectivity index (χ1v) is 5.97. The van der Waals surface area contributed by atoms with Gasteiger partial charge in [-0.25, -0.2) is 0 Å². The molecule has 0 bridgehead atoms. The fraction of sp³-hybridized carbons (Fsp3) is 0.571. The lowest BCUT2D eigenvalue weighted by molar-refractivity contribution is -0.0153. The smallest absolute Gasteiger partial charge is 0.231 e. The Morgan fingerprint density at radius 1 is 1.24 bits per heavy atom. The number of fused-ring (bicyclic) bond motifs is 1. The van der Waals surface area contributed by atoms with E-state index in [1.54, 1.807) is 0 Å². The van der Waals surface area contributed by atoms with Crippen molar-refractivity contribution in [3.63, 3.8) is 0 Å². The van der Waals surface area contributed by atoms with E-state index in [-0.39, 0.29) is 11.5 Å². The Labute approximate surface area is 103 Å². The maximum absolute atomic E-state index is 5.86. The van der Waals surface area contributed by atoms with Crippen LogP contribution in [-0.4, -0.2) is 12.9 Å². The van der Waals surface area contributed by atoms with Crippen LogP contribution in [0.5, 0.6) is 11.5 Å². The lowest BCUT2D eigenvalue weighted by Crippen LogP contribution is -2.25. The number of rotatable bonds is 3. The largest absolute Gasteiger partial charge is 0.454 e. The molecule has 0 amide bonds. The third-order valence-corrected chi connectivity index (χ3v) is 3.16. The van der Waals surface area contributed by atoms with Gasteiger partial charge in [0.15, 0.2) is 11.5 Å². The van der Waals surface area contributed by atoms with Crippen LogP contribution in [0.2, 0.25) is 0 Å². The van der Waals surface area contributed by atoms with E-state index in [0.29, 0.717) is 13.4 Å². The molecule has 2 rings (SSSR count). The standard InChI is InChI=1S/C14H20O3/c1-10(14(2,3)4)15-8-11-5-6-12-13(7-11)17-9-16-12/h5-7,10H,8-9H2,1-4H3. The van der Waals surface area contributed by atoms with Gasteiger partial charge in [0.25, 0.3) is 0 Å². The highest BCUT2D eigenvalue weighted by molar-refractivity contribution is 5.44. The second-order valence-corrected chi connectivity index (χ2v) is 5.51. The first kappa shape index (κ1) is 12.2. The fourth-order valence-electron chi connectivity index (χ4n) is 1.50. The molecule has 1 aromatic carbocycles. The molecule has 0 fully saturated rings. The molecule has 1 aromatic rings. The van der Waals surface area contributed by atoms with Crippen LogP contribution in [0.15, 0.2) is 18.2 Å². The van der Waals surface area contributed by atoms with Crippen molar-refractivity contribution >= 4 is 0 Å². The molecule has 1 atom stereocenters. The molecule has 1 unspecified atom stereocenters. The molecular weight excluding hydrogens is 216 g/mol. The van der Waals surface area contributed by atoms with Crippen molar-refractivity contribution < 1.29 is 14.2 Å². The average Bonchev–Trinajstić information content (AvgIpc) is 2.71. The summed E-state index contributed by atoms with van der Waals surface area (Å²) in [5.41, 5.74) is 1.28. The van der Waals surface area contributed by atoms with Crippen molar-refractivity contribution in [2.24, 2.45) is 5.41 Å². The topological polar surface area (TPSA) is 27.7 Å². The zero-order chi connectivity index (χ0) is 12.5. The van der Waals surface area contributed by atoms with Gasteiger partial charge in [-0.15, -0.1) is 0 Å². The highest BCUT2D eigenvalue weighted by Crippen LogP contribution is 2.33. The van der Waals surface area contributed by atoms with Gasteiger partial charge in [-0.1, -0.05) is 26.8 Å². The number of benzene rings is 1. The van der Waals surface area contributed by atoms with Crippen LogP contribution in [0.4, 0.5) is 0 Å². The summed E-state index contributed by atoms with van der Waals surface area (Å²) in [6.07, 6.45) is 0.216. The van der Waals surface area contributed by atoms with Crippen molar-refractivity contribution in [2.75, 3.05) is 6.79 Å². The Morgan fingerprint density at radius 3 is 2.65 bits per heavy atom. The van der Waals surface area contributed by atoms with Crippen molar-refractivity contribution in [1.29, 1.82) is 0 Å². The molecule has 0 spiro atoms. The lowest BCUT2D eigenvalue weighted by atomic mass is 9.90. The van der Waals surface area contributed by atoms with Crippen molar-refractivity contribution in [1.82, 2.24) is 0 Å². The Hall–Kier alpha value is -1.22. The number of ether oxygens (including phenoxy) is 3. The Morgan fingerprint density at radius 2 is 1.94 bits per heavy atom. The number of hydrogen-bond donors (Lipinski definition) is 0. The Balaban J connectivity index is 1.96. The maximum Gasteiger partial charge on any atom is 0.231 e. The minimum Gasteiger partial charge on any atom is -0.454 e. The van der Waals surface area contributed by atoms with Crippen molar-refractivity contribution in [2.45, 2.75) is 40.4 Å². The van der Waals surface area contributed by atoms with Gasteiger partial charge in [-0.2, -0.15) is 0 Å². The van der Waals surface area contributed by atoms with Gasteiger partial charge in [-0.3, -0.25) is 0 Å². The first-order chi connectivity index (χ1) is 7.97. The zero-order valence-corrected chi connectivity index (χ0v) is 10.9. The van der Waals surface area contributed by atoms with E-state index in [1.165, 1.54) is 0 Å². The van der Waals surface area contributed by atoms with Crippen LogP contribution >= 0.6 is 0 Å². The molecule has 0 aromatic heterocycles. The first-order valence-electron chi connectivity index (χ1n) is 5.97. The third-order valence-electron chi connectivity index (χ3n) is 3.16. The molecule has 0 saturated heterocycles. The molecule has 17 heavy (non-hydrogen) atoms. The highest BCUT2D eigenvalue weighted by Gasteiger charge is 2.21. The van der Waals surface area contributed by atoms with Crippen LogP contribution in [0, 0.1) is 5.41 Å². The van der Waals surface area contributed by atoms with Crippen LogP contribution in [-0.2, 0) is 11.3 Å². The Bertz CT molecular complexity index is 393. The van der Waals surface area contributed by atoms with Crippen molar-refractivity contribution in [3.8, 4) is 11.5 Å². The van der Waals surface area contributed by atoms with Crippen LogP contribution < -0.4 is 9.47 Å². The summed E-state index contributed by atoms with van der Waals surface area (Å²) in [4.78, 5) is 0. The summed E-state index contributed by atoms with van der Waals surface area (Å²) in [7, 11) is 0. The van der Waals surface area contributed by atoms with E-state index in [9.17, 15) is 0 Å². The summed E-state index contributed by atoms with van der Waals surface area (Å²) in [5, 5.41) is 0. The quantitative estimate of drug-likeness (QED) is 0.805. The van der Waals surface area contributed by atoms with E-state index in [1.807, 2.05) is 18.2 Å². The molecule has 1 heterocycles. The highest BCUT2D eigenvalue weighted by atomic mass is 16.7. The number of hydrogen-bond acceptors (Lipinski definition) is 3. The molecule has 1 aliphatic heterocycles. The Kier molecular flexibility index (Phi) is 3.29. The fourth-order valence-corrected chi connectivity index (χ4v) is 1.50. The summed E-state index contributed by atoms with van der Waals surface area (Å²) >= 11 is 0. The molecule has 1 aliphatic rings. The van der Waals surface area contributed by atoms with Gasteiger partial charge in [0.05, 0.1) is 12.7 Å². The normalized spacial score (nSPS) is 16.0. The summed E-state index contributed by atoms with van der Waals surface area (Å²) in [6, 6.07) is 5.93. The summed E-state index contributed by atoms with van der Waals surface area (Å²) < 4.78 is 16.5. The second kappa shape index (κ2) is 4.57. The monoisotopic (exact) mass is 236 g/mol. The summed E-state index contributed by atoms with van der Waals surface area (Å²) in [6.45, 7) is 9.56. The average molecular weight is 236 g/mol. The van der Waals surface area contributed by atoms with Gasteiger partial charge in [-0.05, 0) is 30.0 Å². The van der Waals surface area contributed by atoms with Gasteiger partial charge < -0.3 is 14.2 Å². The molecule has 94 valence electrons. The third kappa shape index (κ3) is 2.91. The predicted octanol–water partition coefficient (Wildman–Crippen LogP) is 3.37. The molecule has 0 aliphatic carbocycles. The van der Waals surface area contributed by atoms with E-state index in [2.05, 4.69) is 27.7 Å². The predicted molar refractivity (Wildman–Crippen MR) is 66.3 cm³/mol. The minimum absolute atomic E-state index is 0.163. The van der Waals surface area contributed by atoms with Gasteiger partial charge in [0.1, 0.15) is 0 Å². The van der Waals surface area contributed by atoms with E-state index in [4.69, 9.17) is 14.2 Å². The molecule has 0 radical (unpaired) electrons. The van der Waals surface area contributed by atoms with Gasteiger partial charge >= 0.3 is 0 Å². The molecule has 3 heteroatoms. The lowest BCUT2D eigenvalue weighted by Gasteiger charge is -2.27. The van der Waals surface area contributed by atoms with Crippen LogP contribution in [0.1, 0.15) is 33.3 Å². The van der Waals surface area contributed by atoms with Crippen LogP contribution in [0.3, 0.4) is 0 Å². The van der Waals surface area contributed by atoms with Crippen molar-refractivity contribution in [3.05, 3.63) is 23.8 Å². The van der Waals surface area contributed by atoms with E-state index >= 15 is 0 Å². The molecule has 0 N–H and O–H groups in total.